The van der Waals surface area contributed by atoms with E-state index in [1.807, 2.05) is 24.3 Å². The van der Waals surface area contributed by atoms with Gasteiger partial charge in [0.2, 0.25) is 10.0 Å². The second-order valence-electron chi connectivity index (χ2n) is 4.68. The third-order valence-electron chi connectivity index (χ3n) is 3.50. The lowest BCUT2D eigenvalue weighted by Gasteiger charge is -2.27. The molecule has 1 aromatic rings. The van der Waals surface area contributed by atoms with Crippen LogP contribution in [0.2, 0.25) is 0 Å². The van der Waals surface area contributed by atoms with E-state index >= 15 is 0 Å². The molecule has 0 fully saturated rings. The molecule has 1 atom stereocenters. The molecule has 90 valence electrons. The Bertz CT molecular complexity index is 589. The molecular formula is C13H15NO2S. The Morgan fingerprint density at radius 1 is 1.29 bits per heavy atom. The van der Waals surface area contributed by atoms with Gasteiger partial charge in [0.15, 0.2) is 0 Å². The summed E-state index contributed by atoms with van der Waals surface area (Å²) in [7, 11) is -3.19. The average molecular weight is 249 g/mol. The topological polar surface area (TPSA) is 37.4 Å². The van der Waals surface area contributed by atoms with E-state index < -0.39 is 10.0 Å². The molecule has 0 aromatic heterocycles. The van der Waals surface area contributed by atoms with E-state index in [-0.39, 0.29) is 6.04 Å². The molecule has 2 aliphatic rings. The van der Waals surface area contributed by atoms with Gasteiger partial charge in [-0.05, 0) is 30.9 Å². The zero-order chi connectivity index (χ0) is 12.0. The second-order valence-corrected chi connectivity index (χ2v) is 6.54. The van der Waals surface area contributed by atoms with Gasteiger partial charge < -0.3 is 0 Å². The number of fused-ring (bicyclic) bond motifs is 3. The van der Waals surface area contributed by atoms with Crippen LogP contribution in [0.4, 0.5) is 5.69 Å². The van der Waals surface area contributed by atoms with E-state index in [1.54, 1.807) is 4.31 Å². The van der Waals surface area contributed by atoms with Crippen molar-refractivity contribution >= 4 is 21.3 Å². The monoisotopic (exact) mass is 249 g/mol. The highest BCUT2D eigenvalue weighted by Crippen LogP contribution is 2.45. The predicted molar refractivity (Wildman–Crippen MR) is 69.4 cm³/mol. The Hall–Kier alpha value is -1.29. The summed E-state index contributed by atoms with van der Waals surface area (Å²) in [6.07, 6.45) is 6.53. The first-order chi connectivity index (χ1) is 8.09. The molecule has 1 aromatic carbocycles. The van der Waals surface area contributed by atoms with Crippen molar-refractivity contribution in [2.45, 2.75) is 25.3 Å². The first kappa shape index (κ1) is 10.8. The normalized spacial score (nSPS) is 23.0. The maximum atomic E-state index is 11.9. The predicted octanol–water partition coefficient (Wildman–Crippen LogP) is 2.40. The Balaban J connectivity index is 2.24. The number of sulfonamides is 1. The lowest BCUT2D eigenvalue weighted by atomic mass is 9.92. The van der Waals surface area contributed by atoms with Crippen molar-refractivity contribution in [3.05, 3.63) is 35.9 Å². The standard InChI is InChI=1S/C13H15NO2S/c1-17(15,16)14-12-8-4-2-6-10(12)11-7-3-5-9-13(11)14/h2,4,6-8,13H,3,5,9H2,1H3/t13-/m0/s1. The molecule has 1 heterocycles. The summed E-state index contributed by atoms with van der Waals surface area (Å²) >= 11 is 0. The van der Waals surface area contributed by atoms with Crippen LogP contribution in [0.1, 0.15) is 24.8 Å². The molecule has 1 aliphatic heterocycles. The number of rotatable bonds is 1. The van der Waals surface area contributed by atoms with Crippen LogP contribution in [0.3, 0.4) is 0 Å². The SMILES string of the molecule is CS(=O)(=O)N1c2ccccc2C2=CCCC[C@@H]21. The van der Waals surface area contributed by atoms with Crippen LogP contribution in [0.25, 0.3) is 5.57 Å². The van der Waals surface area contributed by atoms with E-state index in [1.165, 1.54) is 11.8 Å². The van der Waals surface area contributed by atoms with Crippen molar-refractivity contribution in [1.82, 2.24) is 0 Å². The molecule has 0 saturated carbocycles. The van der Waals surface area contributed by atoms with Crippen molar-refractivity contribution in [2.24, 2.45) is 0 Å². The van der Waals surface area contributed by atoms with Crippen LogP contribution >= 0.6 is 0 Å². The summed E-state index contributed by atoms with van der Waals surface area (Å²) in [5, 5.41) is 0. The van der Waals surface area contributed by atoms with Crippen molar-refractivity contribution in [3.8, 4) is 0 Å². The minimum absolute atomic E-state index is 0.0242. The quantitative estimate of drug-likeness (QED) is 0.766. The largest absolute Gasteiger partial charge is 0.262 e. The van der Waals surface area contributed by atoms with E-state index in [0.29, 0.717) is 0 Å². The van der Waals surface area contributed by atoms with Crippen molar-refractivity contribution in [1.29, 1.82) is 0 Å². The molecule has 3 nitrogen and oxygen atoms in total. The van der Waals surface area contributed by atoms with Crippen molar-refractivity contribution in [3.63, 3.8) is 0 Å². The maximum Gasteiger partial charge on any atom is 0.232 e. The van der Waals surface area contributed by atoms with Gasteiger partial charge in [-0.25, -0.2) is 8.42 Å². The molecule has 0 unspecified atom stereocenters. The van der Waals surface area contributed by atoms with Gasteiger partial charge in [0.1, 0.15) is 0 Å². The first-order valence-electron chi connectivity index (χ1n) is 5.88. The summed E-state index contributed by atoms with van der Waals surface area (Å²) in [4.78, 5) is 0. The molecule has 0 amide bonds. The lowest BCUT2D eigenvalue weighted by Crippen LogP contribution is -2.37. The molecule has 0 radical (unpaired) electrons. The summed E-state index contributed by atoms with van der Waals surface area (Å²) in [5.41, 5.74) is 3.12. The van der Waals surface area contributed by atoms with E-state index in [0.717, 1.165) is 30.5 Å². The van der Waals surface area contributed by atoms with Gasteiger partial charge in [-0.3, -0.25) is 4.31 Å². The van der Waals surface area contributed by atoms with Gasteiger partial charge in [-0.1, -0.05) is 24.3 Å². The summed E-state index contributed by atoms with van der Waals surface area (Å²) in [6.45, 7) is 0. The summed E-state index contributed by atoms with van der Waals surface area (Å²) in [5.74, 6) is 0. The van der Waals surface area contributed by atoms with Crippen LogP contribution in [0.5, 0.6) is 0 Å². The van der Waals surface area contributed by atoms with Crippen LogP contribution in [-0.4, -0.2) is 20.7 Å². The number of allylic oxidation sites excluding steroid dienone is 1. The van der Waals surface area contributed by atoms with Gasteiger partial charge >= 0.3 is 0 Å². The molecule has 17 heavy (non-hydrogen) atoms. The summed E-state index contributed by atoms with van der Waals surface area (Å²) in [6, 6.07) is 7.81. The van der Waals surface area contributed by atoms with Gasteiger partial charge in [0, 0.05) is 5.56 Å². The first-order valence-corrected chi connectivity index (χ1v) is 7.73. The third kappa shape index (κ3) is 1.59. The Morgan fingerprint density at radius 3 is 2.82 bits per heavy atom. The van der Waals surface area contributed by atoms with Crippen molar-refractivity contribution in [2.75, 3.05) is 10.6 Å². The van der Waals surface area contributed by atoms with Crippen LogP contribution in [0.15, 0.2) is 30.3 Å². The van der Waals surface area contributed by atoms with Crippen molar-refractivity contribution < 1.29 is 8.42 Å². The lowest BCUT2D eigenvalue weighted by molar-refractivity contribution is 0.584. The zero-order valence-corrected chi connectivity index (χ0v) is 10.6. The fourth-order valence-corrected chi connectivity index (χ4v) is 4.08. The molecule has 0 bridgehead atoms. The number of para-hydroxylation sites is 1. The minimum Gasteiger partial charge on any atom is -0.262 e. The number of anilines is 1. The molecule has 1 aliphatic carbocycles. The molecule has 0 saturated heterocycles. The highest BCUT2D eigenvalue weighted by molar-refractivity contribution is 7.92. The van der Waals surface area contributed by atoms with Gasteiger partial charge in [-0.2, -0.15) is 0 Å². The number of hydrogen-bond donors (Lipinski definition) is 0. The highest BCUT2D eigenvalue weighted by atomic mass is 32.2. The fourth-order valence-electron chi connectivity index (χ4n) is 2.88. The molecule has 4 heteroatoms. The van der Waals surface area contributed by atoms with Crippen LogP contribution in [0, 0.1) is 0 Å². The molecular weight excluding hydrogens is 234 g/mol. The molecule has 3 rings (SSSR count). The maximum absolute atomic E-state index is 11.9. The number of benzene rings is 1. The van der Waals surface area contributed by atoms with E-state index in [9.17, 15) is 8.42 Å². The average Bonchev–Trinajstić information content (AvgIpc) is 2.63. The smallest absolute Gasteiger partial charge is 0.232 e. The summed E-state index contributed by atoms with van der Waals surface area (Å²) < 4.78 is 25.5. The molecule has 0 spiro atoms. The number of hydrogen-bond acceptors (Lipinski definition) is 2. The van der Waals surface area contributed by atoms with Crippen LogP contribution < -0.4 is 4.31 Å². The second kappa shape index (κ2) is 3.60. The molecule has 0 N–H and O–H groups in total. The number of nitrogens with zero attached hydrogens (tertiary/aromatic N) is 1. The fraction of sp³-hybridized carbons (Fsp3) is 0.385. The Labute approximate surface area is 102 Å². The highest BCUT2D eigenvalue weighted by Gasteiger charge is 2.39. The van der Waals surface area contributed by atoms with Gasteiger partial charge in [0.05, 0.1) is 18.0 Å². The zero-order valence-electron chi connectivity index (χ0n) is 9.76. The third-order valence-corrected chi connectivity index (χ3v) is 4.66. The van der Waals surface area contributed by atoms with Crippen LogP contribution in [-0.2, 0) is 10.0 Å². The Morgan fingerprint density at radius 2 is 2.06 bits per heavy atom. The minimum atomic E-state index is -3.19. The van der Waals surface area contributed by atoms with E-state index in [2.05, 4.69) is 6.08 Å². The van der Waals surface area contributed by atoms with Gasteiger partial charge in [-0.15, -0.1) is 0 Å². The van der Waals surface area contributed by atoms with Gasteiger partial charge in [0.25, 0.3) is 0 Å². The Kier molecular flexibility index (Phi) is 2.30. The van der Waals surface area contributed by atoms with E-state index in [4.69, 9.17) is 0 Å².